The Balaban J connectivity index is 1.97. The molecule has 1 aromatic carbocycles. The Bertz CT molecular complexity index is 916. The molecule has 138 valence electrons. The summed E-state index contributed by atoms with van der Waals surface area (Å²) in [4.78, 5) is 13.7. The highest BCUT2D eigenvalue weighted by Gasteiger charge is 2.17. The molecule has 0 aliphatic carbocycles. The van der Waals surface area contributed by atoms with Crippen molar-refractivity contribution in [2.45, 2.75) is 12.8 Å². The molecule has 1 aromatic heterocycles. The molecule has 0 unspecified atom stereocenters. The fraction of sp³-hybridized carbons (Fsp3) is 0.294. The van der Waals surface area contributed by atoms with Gasteiger partial charge in [0.05, 0.1) is 16.7 Å². The van der Waals surface area contributed by atoms with Crippen molar-refractivity contribution >= 4 is 41.2 Å². The molecule has 1 fully saturated rings. The molecule has 1 aliphatic heterocycles. The van der Waals surface area contributed by atoms with E-state index >= 15 is 0 Å². The van der Waals surface area contributed by atoms with Crippen LogP contribution >= 0.6 is 0 Å². The summed E-state index contributed by atoms with van der Waals surface area (Å²) in [6.45, 7) is 5.72. The molecular weight excluding hydrogens is 334 g/mol. The highest BCUT2D eigenvalue weighted by Crippen LogP contribution is 2.31. The number of urea groups is 1. The smallest absolute Gasteiger partial charge is 0.322 e. The number of benzene rings is 1. The predicted octanol–water partition coefficient (Wildman–Crippen LogP) is 0.131. The van der Waals surface area contributed by atoms with Crippen molar-refractivity contribution in [2.24, 2.45) is 5.73 Å². The van der Waals surface area contributed by atoms with E-state index in [0.717, 1.165) is 31.6 Å². The number of hydrogen-bond donors (Lipinski definition) is 6. The number of aromatic amines is 1. The fourth-order valence-corrected chi connectivity index (χ4v) is 3.09. The summed E-state index contributed by atoms with van der Waals surface area (Å²) in [5.41, 5.74) is 14.2. The van der Waals surface area contributed by atoms with Gasteiger partial charge in [-0.3, -0.25) is 5.73 Å². The van der Waals surface area contributed by atoms with E-state index in [1.807, 2.05) is 18.2 Å². The number of aliphatic hydroxyl groups excluding tert-OH is 1. The lowest BCUT2D eigenvalue weighted by Gasteiger charge is -2.20. The highest BCUT2D eigenvalue weighted by molar-refractivity contribution is 5.94. The average Bonchev–Trinajstić information content (AvgIpc) is 3.21. The lowest BCUT2D eigenvalue weighted by atomic mass is 10.2. The Morgan fingerprint density at radius 1 is 1.38 bits per heavy atom. The first kappa shape index (κ1) is 17.6. The van der Waals surface area contributed by atoms with Crippen LogP contribution in [0.4, 0.5) is 33.4 Å². The predicted molar refractivity (Wildman–Crippen MR) is 102 cm³/mol. The number of anilines is 5. The SMILES string of the molecule is C=c1[nH][n+](=CCO)c(N)c1Nc1ccc(N2CCCC2)cc1NC(N)=O. The fourth-order valence-electron chi connectivity index (χ4n) is 3.09. The first-order chi connectivity index (χ1) is 12.5. The number of hydrogen-bond acceptors (Lipinski definition) is 5. The van der Waals surface area contributed by atoms with E-state index in [-0.39, 0.29) is 6.61 Å². The number of primary amides is 1. The number of aliphatic hydroxyl groups is 1. The molecule has 2 aromatic rings. The van der Waals surface area contributed by atoms with E-state index in [4.69, 9.17) is 16.6 Å². The molecule has 0 atom stereocenters. The number of nitrogens with zero attached hydrogens (tertiary/aromatic N) is 2. The lowest BCUT2D eigenvalue weighted by Crippen LogP contribution is -2.25. The van der Waals surface area contributed by atoms with Crippen LogP contribution in [0.25, 0.3) is 6.58 Å². The summed E-state index contributed by atoms with van der Waals surface area (Å²) >= 11 is 0. The topological polar surface area (TPSA) is 138 Å². The van der Waals surface area contributed by atoms with Crippen molar-refractivity contribution in [1.82, 2.24) is 5.10 Å². The molecular formula is C17H24N7O2+. The number of nitrogens with one attached hydrogen (secondary N) is 3. The monoisotopic (exact) mass is 358 g/mol. The van der Waals surface area contributed by atoms with Crippen molar-refractivity contribution in [2.75, 3.05) is 41.0 Å². The first-order valence-electron chi connectivity index (χ1n) is 8.41. The maximum absolute atomic E-state index is 11.4. The number of carbonyl (C=O) groups is 1. The molecule has 9 nitrogen and oxygen atoms in total. The van der Waals surface area contributed by atoms with E-state index < -0.39 is 6.03 Å². The Labute approximate surface area is 150 Å². The van der Waals surface area contributed by atoms with Crippen LogP contribution in [0.2, 0.25) is 0 Å². The van der Waals surface area contributed by atoms with E-state index in [2.05, 4.69) is 27.2 Å². The van der Waals surface area contributed by atoms with Crippen LogP contribution in [0.1, 0.15) is 12.8 Å². The Kier molecular flexibility index (Phi) is 4.99. The van der Waals surface area contributed by atoms with Crippen LogP contribution in [0.3, 0.4) is 0 Å². The molecule has 9 heteroatoms. The van der Waals surface area contributed by atoms with E-state index in [0.29, 0.717) is 28.2 Å². The summed E-state index contributed by atoms with van der Waals surface area (Å²) in [6.07, 6.45) is 3.80. The largest absolute Gasteiger partial charge is 0.388 e. The minimum Gasteiger partial charge on any atom is -0.388 e. The van der Waals surface area contributed by atoms with Crippen LogP contribution in [0, 0.1) is 6.21 Å². The van der Waals surface area contributed by atoms with Gasteiger partial charge in [0.2, 0.25) is 0 Å². The molecule has 0 spiro atoms. The zero-order valence-electron chi connectivity index (χ0n) is 14.5. The minimum absolute atomic E-state index is 0.173. The second-order valence-corrected chi connectivity index (χ2v) is 6.12. The molecule has 2 amide bonds. The maximum Gasteiger partial charge on any atom is 0.322 e. The lowest BCUT2D eigenvalue weighted by molar-refractivity contribution is -0.561. The van der Waals surface area contributed by atoms with Crippen molar-refractivity contribution in [3.8, 4) is 0 Å². The number of aromatic nitrogens is 2. The molecule has 1 saturated heterocycles. The normalized spacial score (nSPS) is 14.7. The summed E-state index contributed by atoms with van der Waals surface area (Å²) in [6, 6.07) is 5.09. The van der Waals surface area contributed by atoms with Gasteiger partial charge in [0.1, 0.15) is 12.8 Å². The van der Waals surface area contributed by atoms with Gasteiger partial charge < -0.3 is 26.4 Å². The number of rotatable bonds is 5. The number of amides is 2. The zero-order valence-corrected chi connectivity index (χ0v) is 14.5. The summed E-state index contributed by atoms with van der Waals surface area (Å²) < 4.78 is 1.48. The van der Waals surface area contributed by atoms with Gasteiger partial charge in [0.15, 0.2) is 5.69 Å². The van der Waals surface area contributed by atoms with E-state index in [9.17, 15) is 4.79 Å². The van der Waals surface area contributed by atoms with Gasteiger partial charge in [-0.05, 0) is 31.0 Å². The molecule has 0 radical (unpaired) electrons. The number of nitrogens with two attached hydrogens (primary N) is 2. The number of nitrogen functional groups attached to an aromatic ring is 1. The van der Waals surface area contributed by atoms with Gasteiger partial charge >= 0.3 is 11.8 Å². The Morgan fingerprint density at radius 3 is 2.77 bits per heavy atom. The first-order valence-corrected chi connectivity index (χ1v) is 8.41. The van der Waals surface area contributed by atoms with Crippen LogP contribution < -0.4 is 36.7 Å². The van der Waals surface area contributed by atoms with Crippen molar-refractivity contribution < 1.29 is 14.3 Å². The van der Waals surface area contributed by atoms with Crippen molar-refractivity contribution in [3.63, 3.8) is 0 Å². The van der Waals surface area contributed by atoms with Gasteiger partial charge in [-0.15, -0.1) is 4.36 Å². The van der Waals surface area contributed by atoms with Gasteiger partial charge in [-0.2, -0.15) is 0 Å². The number of carbonyl (C=O) groups excluding carboxylic acids is 1. The van der Waals surface area contributed by atoms with Gasteiger partial charge in [0.25, 0.3) is 0 Å². The van der Waals surface area contributed by atoms with Crippen LogP contribution in [0.5, 0.6) is 0 Å². The Hall–Kier alpha value is -3.20. The molecule has 2 heterocycles. The third-order valence-corrected chi connectivity index (χ3v) is 4.33. The molecule has 0 saturated carbocycles. The molecule has 1 aliphatic rings. The van der Waals surface area contributed by atoms with Crippen molar-refractivity contribution in [3.05, 3.63) is 29.8 Å². The third kappa shape index (κ3) is 3.57. The van der Waals surface area contributed by atoms with Crippen LogP contribution in [0.15, 0.2) is 18.2 Å². The third-order valence-electron chi connectivity index (χ3n) is 4.33. The number of H-pyrrole nitrogens is 1. The molecule has 0 bridgehead atoms. The average molecular weight is 358 g/mol. The second kappa shape index (κ2) is 7.36. The van der Waals surface area contributed by atoms with E-state index in [1.165, 1.54) is 10.6 Å². The summed E-state index contributed by atoms with van der Waals surface area (Å²) in [7, 11) is 0. The zero-order chi connectivity index (χ0) is 18.7. The quantitative estimate of drug-likeness (QED) is 0.422. The molecule has 26 heavy (non-hydrogen) atoms. The summed E-state index contributed by atoms with van der Waals surface area (Å²) in [5.74, 6) is 0.359. The molecule has 3 rings (SSSR count). The second-order valence-electron chi connectivity index (χ2n) is 6.12. The van der Waals surface area contributed by atoms with Gasteiger partial charge in [-0.1, -0.05) is 6.58 Å². The van der Waals surface area contributed by atoms with Crippen molar-refractivity contribution in [1.29, 1.82) is 0 Å². The Morgan fingerprint density at radius 2 is 2.12 bits per heavy atom. The van der Waals surface area contributed by atoms with E-state index in [1.54, 1.807) is 0 Å². The minimum atomic E-state index is -0.646. The van der Waals surface area contributed by atoms with Crippen LogP contribution in [-0.4, -0.2) is 35.9 Å². The maximum atomic E-state index is 11.4. The van der Waals surface area contributed by atoms with Gasteiger partial charge in [0, 0.05) is 18.8 Å². The standard InChI is InChI=1S/C17H23N7O2/c1-11-15(16(18)24(22-11)8-9-25)20-13-5-4-12(23-6-2-3-7-23)10-14(13)21-17(19)26/h4-5,8,10,20,22,25H,1-3,6-7,9,18H2,(H2-,19,21,26)/p+1. The summed E-state index contributed by atoms with van der Waals surface area (Å²) in [5, 5.41) is 18.4. The van der Waals surface area contributed by atoms with Gasteiger partial charge in [-0.25, -0.2) is 9.89 Å². The molecule has 8 N–H and O–H groups in total. The highest BCUT2D eigenvalue weighted by atomic mass is 16.3. The van der Waals surface area contributed by atoms with Crippen LogP contribution in [-0.2, 0) is 0 Å².